The summed E-state index contributed by atoms with van der Waals surface area (Å²) in [5.74, 6) is -1.46. The molecular formula is C33H37F5N4O2Si. The Labute approximate surface area is 260 Å². The maximum Gasteiger partial charge on any atom is 0.395 e. The second kappa shape index (κ2) is 10.6. The number of benzene rings is 2. The molecule has 0 spiro atoms. The smallest absolute Gasteiger partial charge is 0.395 e. The van der Waals surface area contributed by atoms with Gasteiger partial charge in [-0.05, 0) is 74.1 Å². The van der Waals surface area contributed by atoms with Crippen molar-refractivity contribution in [2.75, 3.05) is 0 Å². The van der Waals surface area contributed by atoms with Crippen molar-refractivity contribution in [1.29, 1.82) is 0 Å². The molecule has 2 bridgehead atoms. The number of nitrogens with zero attached hydrogens (tertiary/aromatic N) is 4. The van der Waals surface area contributed by atoms with Crippen LogP contribution in [-0.2, 0) is 10.0 Å². The van der Waals surface area contributed by atoms with Crippen molar-refractivity contribution >= 4 is 19.4 Å². The van der Waals surface area contributed by atoms with Gasteiger partial charge < -0.3 is 13.7 Å². The van der Waals surface area contributed by atoms with E-state index in [1.54, 1.807) is 12.4 Å². The van der Waals surface area contributed by atoms with Crippen LogP contribution in [0.3, 0.4) is 0 Å². The van der Waals surface area contributed by atoms with E-state index in [1.807, 2.05) is 36.6 Å². The molecule has 45 heavy (non-hydrogen) atoms. The van der Waals surface area contributed by atoms with Gasteiger partial charge in [-0.3, -0.25) is 0 Å². The largest absolute Gasteiger partial charge is 0.434 e. The van der Waals surface area contributed by atoms with Crippen LogP contribution in [0.5, 0.6) is 5.75 Å². The van der Waals surface area contributed by atoms with E-state index in [9.17, 15) is 22.0 Å². The van der Waals surface area contributed by atoms with Crippen molar-refractivity contribution in [2.45, 2.75) is 102 Å². The maximum absolute atomic E-state index is 14.3. The number of hydrogen-bond donors (Lipinski definition) is 0. The molecule has 2 aromatic carbocycles. The van der Waals surface area contributed by atoms with Crippen molar-refractivity contribution in [1.82, 2.24) is 19.5 Å². The molecule has 2 aromatic heterocycles. The van der Waals surface area contributed by atoms with E-state index < -0.39 is 44.6 Å². The van der Waals surface area contributed by atoms with Crippen LogP contribution in [0.15, 0.2) is 48.8 Å². The lowest BCUT2D eigenvalue weighted by Crippen LogP contribution is -2.46. The number of hydrogen-bond acceptors (Lipinski definition) is 5. The Morgan fingerprint density at radius 2 is 1.62 bits per heavy atom. The Hall–Kier alpha value is -3.38. The molecular weight excluding hydrogens is 607 g/mol. The summed E-state index contributed by atoms with van der Waals surface area (Å²) in [7, 11) is -2.10. The number of imidazole rings is 1. The van der Waals surface area contributed by atoms with Crippen LogP contribution in [0.2, 0.25) is 18.1 Å². The van der Waals surface area contributed by atoms with Crippen LogP contribution >= 0.6 is 0 Å². The number of halogens is 5. The average molecular weight is 645 g/mol. The topological polar surface area (TPSA) is 62.1 Å². The predicted octanol–water partition coefficient (Wildman–Crippen LogP) is 9.48. The summed E-state index contributed by atoms with van der Waals surface area (Å²) >= 11 is 0. The zero-order valence-corrected chi connectivity index (χ0v) is 27.3. The van der Waals surface area contributed by atoms with Gasteiger partial charge in [0.2, 0.25) is 0 Å². The van der Waals surface area contributed by atoms with Gasteiger partial charge in [0.15, 0.2) is 14.1 Å². The Balaban J connectivity index is 1.40. The lowest BCUT2D eigenvalue weighted by molar-refractivity contribution is -0.152. The van der Waals surface area contributed by atoms with Crippen molar-refractivity contribution in [3.63, 3.8) is 0 Å². The first kappa shape index (κ1) is 31.6. The lowest BCUT2D eigenvalue weighted by atomic mass is 9.87. The fourth-order valence-corrected chi connectivity index (χ4v) is 8.28. The molecule has 240 valence electrons. The van der Waals surface area contributed by atoms with Crippen molar-refractivity contribution in [3.05, 3.63) is 71.6 Å². The molecule has 6 rings (SSSR count). The number of rotatable bonds is 6. The van der Waals surface area contributed by atoms with Gasteiger partial charge in [-0.2, -0.15) is 22.0 Å². The minimum Gasteiger partial charge on any atom is -0.434 e. The van der Waals surface area contributed by atoms with Crippen LogP contribution in [0.1, 0.15) is 88.1 Å². The minimum atomic E-state index is -4.55. The number of aromatic nitrogens is 4. The molecule has 2 aliphatic rings. The first-order valence-corrected chi connectivity index (χ1v) is 18.0. The molecule has 1 aliphatic carbocycles. The van der Waals surface area contributed by atoms with E-state index in [0.717, 1.165) is 11.1 Å². The van der Waals surface area contributed by atoms with E-state index >= 15 is 0 Å². The van der Waals surface area contributed by atoms with Gasteiger partial charge in [-0.25, -0.2) is 15.0 Å². The number of ether oxygens (including phenoxy) is 1. The quantitative estimate of drug-likeness (QED) is 0.155. The van der Waals surface area contributed by atoms with Crippen LogP contribution < -0.4 is 4.74 Å². The molecule has 3 heterocycles. The molecule has 0 saturated heterocycles. The minimum absolute atomic E-state index is 0.0168. The fourth-order valence-electron chi connectivity index (χ4n) is 6.60. The van der Waals surface area contributed by atoms with Gasteiger partial charge >= 0.3 is 12.8 Å². The highest BCUT2D eigenvalue weighted by Crippen LogP contribution is 2.56. The standard InChI is InChI=1S/C33H37F5N4O2Si/c1-31(2,3)45(6,7)44-32(4,5)29-39-16-20(17-40-29)18-11-12-23-24(14-18)42-25-15-19(28(42)41-23)13-22(33(36,37)38)21-9-8-10-26(27(21)25)43-30(34)35/h8-12,14,16-17,19,22,25,30H,13,15H2,1-7H3/t19-,22-,25-/m1/s1. The third kappa shape index (κ3) is 5.53. The number of fused-ring (bicyclic) bond motifs is 9. The van der Waals surface area contributed by atoms with E-state index in [2.05, 4.69) is 43.8 Å². The first-order valence-electron chi connectivity index (χ1n) is 15.1. The SMILES string of the molecule is CC(C)(O[Si](C)(C)C(C)(C)C)c1ncc(-c2ccc3nc4n(c3c2)[C@@H]2C[C@H]4C[C@@H](C(F)(F)F)c3cccc(OC(F)F)c32)cn1. The highest BCUT2D eigenvalue weighted by Gasteiger charge is 2.50. The van der Waals surface area contributed by atoms with Crippen LogP contribution in [0.4, 0.5) is 22.0 Å². The highest BCUT2D eigenvalue weighted by atomic mass is 28.4. The molecule has 4 aromatic rings. The summed E-state index contributed by atoms with van der Waals surface area (Å²) in [4.78, 5) is 14.1. The summed E-state index contributed by atoms with van der Waals surface area (Å²) in [5, 5.41) is 0.0168. The van der Waals surface area contributed by atoms with E-state index in [1.165, 1.54) is 18.2 Å². The lowest BCUT2D eigenvalue weighted by Gasteiger charge is -2.42. The fraction of sp³-hybridized carbons (Fsp3) is 0.485. The molecule has 0 fully saturated rings. The monoisotopic (exact) mass is 644 g/mol. The third-order valence-corrected chi connectivity index (χ3v) is 14.3. The molecule has 6 nitrogen and oxygen atoms in total. The zero-order chi connectivity index (χ0) is 32.7. The molecule has 12 heteroatoms. The molecule has 0 N–H and O–H groups in total. The number of alkyl halides is 5. The summed E-state index contributed by atoms with van der Waals surface area (Å²) in [5.41, 5.74) is 2.27. The van der Waals surface area contributed by atoms with Gasteiger partial charge in [-0.1, -0.05) is 39.0 Å². The van der Waals surface area contributed by atoms with Crippen molar-refractivity contribution in [2.24, 2.45) is 0 Å². The molecule has 0 radical (unpaired) electrons. The van der Waals surface area contributed by atoms with E-state index in [4.69, 9.17) is 14.1 Å². The molecule has 1 aliphatic heterocycles. The van der Waals surface area contributed by atoms with Gasteiger partial charge in [0.05, 0.1) is 23.0 Å². The van der Waals surface area contributed by atoms with Crippen LogP contribution in [-0.4, -0.2) is 40.6 Å². The van der Waals surface area contributed by atoms with Crippen LogP contribution in [0.25, 0.3) is 22.2 Å². The van der Waals surface area contributed by atoms with Gasteiger partial charge in [-0.15, -0.1) is 0 Å². The van der Waals surface area contributed by atoms with Gasteiger partial charge in [0.25, 0.3) is 0 Å². The van der Waals surface area contributed by atoms with Crippen LogP contribution in [0, 0.1) is 0 Å². The average Bonchev–Trinajstić information content (AvgIpc) is 3.39. The highest BCUT2D eigenvalue weighted by molar-refractivity contribution is 6.74. The predicted molar refractivity (Wildman–Crippen MR) is 164 cm³/mol. The third-order valence-electron chi connectivity index (χ3n) is 9.68. The zero-order valence-electron chi connectivity index (χ0n) is 26.3. The molecule has 0 amide bonds. The Morgan fingerprint density at radius 3 is 2.24 bits per heavy atom. The second-order valence-corrected chi connectivity index (χ2v) is 18.9. The Morgan fingerprint density at radius 1 is 0.933 bits per heavy atom. The summed E-state index contributed by atoms with van der Waals surface area (Å²) in [6.45, 7) is 11.7. The van der Waals surface area contributed by atoms with Crippen molar-refractivity contribution in [3.8, 4) is 16.9 Å². The van der Waals surface area contributed by atoms with E-state index in [-0.39, 0.29) is 28.3 Å². The molecule has 0 saturated carbocycles. The van der Waals surface area contributed by atoms with Crippen molar-refractivity contribution < 1.29 is 31.1 Å². The summed E-state index contributed by atoms with van der Waals surface area (Å²) < 4.78 is 83.3. The summed E-state index contributed by atoms with van der Waals surface area (Å²) in [6, 6.07) is 9.01. The summed E-state index contributed by atoms with van der Waals surface area (Å²) in [6.07, 6.45) is -0.981. The second-order valence-electron chi connectivity index (χ2n) is 14.1. The van der Waals surface area contributed by atoms with E-state index in [0.29, 0.717) is 29.1 Å². The Bertz CT molecular complexity index is 1750. The Kier molecular flexibility index (Phi) is 7.43. The van der Waals surface area contributed by atoms with Gasteiger partial charge in [0.1, 0.15) is 17.2 Å². The van der Waals surface area contributed by atoms with Gasteiger partial charge in [0, 0.05) is 29.4 Å². The normalized spacial score (nSPS) is 20.3. The molecule has 0 unspecified atom stereocenters. The maximum atomic E-state index is 14.3. The first-order chi connectivity index (χ1) is 20.9. The molecule has 3 atom stereocenters.